The normalized spacial score (nSPS) is 10.1. The first kappa shape index (κ1) is 11.8. The lowest BCUT2D eigenvalue weighted by atomic mass is 10.4. The van der Waals surface area contributed by atoms with Crippen LogP contribution in [-0.2, 0) is 9.53 Å². The zero-order chi connectivity index (χ0) is 11.8. The van der Waals surface area contributed by atoms with Gasteiger partial charge in [-0.25, -0.2) is 14.8 Å². The third-order valence-electron chi connectivity index (χ3n) is 1.57. The van der Waals surface area contributed by atoms with Crippen LogP contribution >= 0.6 is 0 Å². The number of esters is 1. The summed E-state index contributed by atoms with van der Waals surface area (Å²) in [6.07, 6.45) is 6.02. The standard InChI is InChI=1S/C10H10N2O4/c1-15-9(14)3-2-6-16-10-8(7-13)11-4-5-12-10/h2-5,7H,6H2,1H3/b3-2+. The molecule has 0 atom stereocenters. The van der Waals surface area contributed by atoms with Gasteiger partial charge in [0.15, 0.2) is 12.0 Å². The van der Waals surface area contributed by atoms with Gasteiger partial charge < -0.3 is 9.47 Å². The molecule has 6 heteroatoms. The lowest BCUT2D eigenvalue weighted by Gasteiger charge is -2.02. The number of rotatable bonds is 5. The molecule has 1 heterocycles. The topological polar surface area (TPSA) is 78.4 Å². The number of carbonyl (C=O) groups excluding carboxylic acids is 2. The molecule has 0 aliphatic carbocycles. The minimum Gasteiger partial charge on any atom is -0.472 e. The number of hydrogen-bond acceptors (Lipinski definition) is 6. The van der Waals surface area contributed by atoms with Crippen LogP contribution in [0.1, 0.15) is 10.5 Å². The SMILES string of the molecule is COC(=O)/C=C/COc1nccnc1C=O. The van der Waals surface area contributed by atoms with E-state index < -0.39 is 5.97 Å². The van der Waals surface area contributed by atoms with E-state index in [1.165, 1.54) is 31.7 Å². The Bertz CT molecular complexity index is 404. The molecule has 84 valence electrons. The van der Waals surface area contributed by atoms with Crippen molar-refractivity contribution in [2.45, 2.75) is 0 Å². The van der Waals surface area contributed by atoms with E-state index in [1.54, 1.807) is 0 Å². The summed E-state index contributed by atoms with van der Waals surface area (Å²) in [5.74, 6) is -0.342. The van der Waals surface area contributed by atoms with Gasteiger partial charge in [-0.05, 0) is 6.08 Å². The minimum atomic E-state index is -0.474. The van der Waals surface area contributed by atoms with Crippen LogP contribution in [0.15, 0.2) is 24.5 Å². The highest BCUT2D eigenvalue weighted by atomic mass is 16.5. The van der Waals surface area contributed by atoms with E-state index in [9.17, 15) is 9.59 Å². The van der Waals surface area contributed by atoms with E-state index in [0.717, 1.165) is 0 Å². The maximum absolute atomic E-state index is 10.7. The average Bonchev–Trinajstić information content (AvgIpc) is 2.34. The number of aromatic nitrogens is 2. The molecule has 0 saturated carbocycles. The molecule has 0 N–H and O–H groups in total. The zero-order valence-electron chi connectivity index (χ0n) is 8.62. The van der Waals surface area contributed by atoms with Gasteiger partial charge in [-0.1, -0.05) is 0 Å². The summed E-state index contributed by atoms with van der Waals surface area (Å²) in [4.78, 5) is 28.8. The highest BCUT2D eigenvalue weighted by Crippen LogP contribution is 2.07. The monoisotopic (exact) mass is 222 g/mol. The van der Waals surface area contributed by atoms with Crippen molar-refractivity contribution in [2.24, 2.45) is 0 Å². The number of carbonyl (C=O) groups is 2. The maximum Gasteiger partial charge on any atom is 0.330 e. The van der Waals surface area contributed by atoms with E-state index in [-0.39, 0.29) is 18.2 Å². The fourth-order valence-electron chi connectivity index (χ4n) is 0.867. The van der Waals surface area contributed by atoms with Crippen LogP contribution in [0.25, 0.3) is 0 Å². The molecule has 0 radical (unpaired) electrons. The van der Waals surface area contributed by atoms with E-state index in [0.29, 0.717) is 6.29 Å². The van der Waals surface area contributed by atoms with Gasteiger partial charge in [0.1, 0.15) is 6.61 Å². The number of nitrogens with zero attached hydrogens (tertiary/aromatic N) is 2. The third-order valence-corrected chi connectivity index (χ3v) is 1.57. The maximum atomic E-state index is 10.7. The highest BCUT2D eigenvalue weighted by Gasteiger charge is 2.03. The van der Waals surface area contributed by atoms with Crippen LogP contribution in [0.5, 0.6) is 5.88 Å². The summed E-state index contributed by atoms with van der Waals surface area (Å²) in [5.41, 5.74) is 0.119. The van der Waals surface area contributed by atoms with Crippen molar-refractivity contribution >= 4 is 12.3 Å². The molecular formula is C10H10N2O4. The Kier molecular flexibility index (Phi) is 4.65. The smallest absolute Gasteiger partial charge is 0.330 e. The van der Waals surface area contributed by atoms with E-state index >= 15 is 0 Å². The molecular weight excluding hydrogens is 212 g/mol. The lowest BCUT2D eigenvalue weighted by Crippen LogP contribution is -2.02. The second-order valence-corrected chi connectivity index (χ2v) is 2.60. The van der Waals surface area contributed by atoms with Crippen LogP contribution in [0.2, 0.25) is 0 Å². The van der Waals surface area contributed by atoms with E-state index in [2.05, 4.69) is 14.7 Å². The van der Waals surface area contributed by atoms with Crippen LogP contribution in [0, 0.1) is 0 Å². The first-order valence-electron chi connectivity index (χ1n) is 4.41. The third kappa shape index (κ3) is 3.49. The molecule has 0 fully saturated rings. The van der Waals surface area contributed by atoms with Gasteiger partial charge >= 0.3 is 5.97 Å². The van der Waals surface area contributed by atoms with Crippen molar-refractivity contribution in [1.82, 2.24) is 9.97 Å². The van der Waals surface area contributed by atoms with Crippen molar-refractivity contribution in [3.8, 4) is 5.88 Å². The molecule has 1 rings (SSSR count). The molecule has 0 aliphatic heterocycles. The first-order chi connectivity index (χ1) is 7.77. The van der Waals surface area contributed by atoms with Crippen molar-refractivity contribution < 1.29 is 19.1 Å². The van der Waals surface area contributed by atoms with Crippen LogP contribution in [0.3, 0.4) is 0 Å². The zero-order valence-corrected chi connectivity index (χ0v) is 8.62. The van der Waals surface area contributed by atoms with E-state index in [4.69, 9.17) is 4.74 Å². The summed E-state index contributed by atoms with van der Waals surface area (Å²) in [5, 5.41) is 0. The molecule has 0 unspecified atom stereocenters. The Morgan fingerprint density at radius 2 is 2.19 bits per heavy atom. The summed E-state index contributed by atoms with van der Waals surface area (Å²) in [6, 6.07) is 0. The molecule has 0 saturated heterocycles. The number of methoxy groups -OCH3 is 1. The van der Waals surface area contributed by atoms with E-state index in [1.807, 2.05) is 0 Å². The van der Waals surface area contributed by atoms with Gasteiger partial charge in [0, 0.05) is 18.5 Å². The fraction of sp³-hybridized carbons (Fsp3) is 0.200. The molecule has 1 aromatic heterocycles. The van der Waals surface area contributed by atoms with Gasteiger partial charge in [-0.15, -0.1) is 0 Å². The van der Waals surface area contributed by atoms with Crippen molar-refractivity contribution in [3.63, 3.8) is 0 Å². The van der Waals surface area contributed by atoms with Gasteiger partial charge in [0.05, 0.1) is 7.11 Å². The Labute approximate surface area is 91.9 Å². The molecule has 1 aromatic rings. The van der Waals surface area contributed by atoms with Crippen LogP contribution < -0.4 is 4.74 Å². The van der Waals surface area contributed by atoms with Crippen molar-refractivity contribution in [2.75, 3.05) is 13.7 Å². The molecule has 0 aliphatic rings. The quantitative estimate of drug-likeness (QED) is 0.407. The molecule has 0 bridgehead atoms. The number of ether oxygens (including phenoxy) is 2. The Morgan fingerprint density at radius 3 is 2.88 bits per heavy atom. The lowest BCUT2D eigenvalue weighted by molar-refractivity contribution is -0.134. The van der Waals surface area contributed by atoms with Crippen molar-refractivity contribution in [3.05, 3.63) is 30.2 Å². The molecule has 0 aromatic carbocycles. The van der Waals surface area contributed by atoms with Gasteiger partial charge in [0.2, 0.25) is 5.88 Å². The van der Waals surface area contributed by atoms with Gasteiger partial charge in [-0.2, -0.15) is 0 Å². The number of aldehydes is 1. The Morgan fingerprint density at radius 1 is 1.44 bits per heavy atom. The largest absolute Gasteiger partial charge is 0.472 e. The second-order valence-electron chi connectivity index (χ2n) is 2.60. The summed E-state index contributed by atoms with van der Waals surface area (Å²) >= 11 is 0. The molecule has 0 amide bonds. The summed E-state index contributed by atoms with van der Waals surface area (Å²) in [6.45, 7) is 0.106. The van der Waals surface area contributed by atoms with Crippen LogP contribution in [0.4, 0.5) is 0 Å². The number of hydrogen-bond donors (Lipinski definition) is 0. The van der Waals surface area contributed by atoms with Crippen molar-refractivity contribution in [1.29, 1.82) is 0 Å². The second kappa shape index (κ2) is 6.28. The predicted molar refractivity (Wildman–Crippen MR) is 54.1 cm³/mol. The summed E-state index contributed by atoms with van der Waals surface area (Å²) < 4.78 is 9.51. The average molecular weight is 222 g/mol. The predicted octanol–water partition coefficient (Wildman–Crippen LogP) is 0.397. The summed E-state index contributed by atoms with van der Waals surface area (Å²) in [7, 11) is 1.28. The fourth-order valence-corrected chi connectivity index (χ4v) is 0.867. The molecule has 0 spiro atoms. The molecule has 6 nitrogen and oxygen atoms in total. The van der Waals surface area contributed by atoms with Crippen LogP contribution in [-0.4, -0.2) is 35.9 Å². The Balaban J connectivity index is 2.51. The van der Waals surface area contributed by atoms with Gasteiger partial charge in [0.25, 0.3) is 0 Å². The van der Waals surface area contributed by atoms with Gasteiger partial charge in [-0.3, -0.25) is 4.79 Å². The first-order valence-corrected chi connectivity index (χ1v) is 4.41. The minimum absolute atomic E-state index is 0.106. The Hall–Kier alpha value is -2.24. The molecule has 16 heavy (non-hydrogen) atoms. The highest BCUT2D eigenvalue weighted by molar-refractivity contribution is 5.81.